The van der Waals surface area contributed by atoms with Gasteiger partial charge in [0.2, 0.25) is 17.3 Å². The Labute approximate surface area is 186 Å². The van der Waals surface area contributed by atoms with Crippen LogP contribution in [0.3, 0.4) is 0 Å². The minimum atomic E-state index is -2.62. The quantitative estimate of drug-likeness (QED) is 0.397. The van der Waals surface area contributed by atoms with E-state index in [1.54, 1.807) is 0 Å². The summed E-state index contributed by atoms with van der Waals surface area (Å²) in [6.45, 7) is 2.54. The molecule has 0 aromatic heterocycles. The molecule has 1 aliphatic carbocycles. The Morgan fingerprint density at radius 3 is 2.19 bits per heavy atom. The van der Waals surface area contributed by atoms with E-state index in [0.717, 1.165) is 32.5 Å². The molecule has 1 unspecified atom stereocenters. The van der Waals surface area contributed by atoms with Gasteiger partial charge in [0.25, 0.3) is 0 Å². The summed E-state index contributed by atoms with van der Waals surface area (Å²) in [5.74, 6) is -5.97. The van der Waals surface area contributed by atoms with Gasteiger partial charge in [-0.3, -0.25) is 9.69 Å². The molecule has 1 saturated heterocycles. The van der Waals surface area contributed by atoms with Gasteiger partial charge in [-0.15, -0.1) is 0 Å². The summed E-state index contributed by atoms with van der Waals surface area (Å²) in [7, 11) is 2.51. The van der Waals surface area contributed by atoms with E-state index < -0.39 is 34.6 Å². The van der Waals surface area contributed by atoms with Crippen LogP contribution in [0.15, 0.2) is 30.3 Å². The van der Waals surface area contributed by atoms with Crippen LogP contribution in [0.5, 0.6) is 23.0 Å². The number of phenolic OH excluding ortho intramolecular Hbond substituents is 2. The Morgan fingerprint density at radius 1 is 1.00 bits per heavy atom. The van der Waals surface area contributed by atoms with Crippen molar-refractivity contribution < 1.29 is 34.7 Å². The van der Waals surface area contributed by atoms with Crippen LogP contribution >= 0.6 is 0 Å². The van der Waals surface area contributed by atoms with Crippen molar-refractivity contribution in [1.82, 2.24) is 4.90 Å². The van der Waals surface area contributed by atoms with E-state index in [-0.39, 0.29) is 29.4 Å². The lowest BCUT2D eigenvalue weighted by Crippen LogP contribution is -2.38. The third-order valence-electron chi connectivity index (χ3n) is 6.71. The predicted molar refractivity (Wildman–Crippen MR) is 116 cm³/mol. The van der Waals surface area contributed by atoms with Gasteiger partial charge in [0.15, 0.2) is 17.3 Å². The lowest BCUT2D eigenvalue weighted by Gasteiger charge is -2.34. The Balaban J connectivity index is 1.51. The monoisotopic (exact) mass is 443 g/mol. The fourth-order valence-electron chi connectivity index (χ4n) is 5.01. The van der Waals surface area contributed by atoms with Crippen molar-refractivity contribution in [3.8, 4) is 23.0 Å². The van der Waals surface area contributed by atoms with E-state index in [1.165, 1.54) is 19.8 Å². The normalized spacial score (nSPS) is 20.9. The number of ether oxygens (including phenoxy) is 2. The Kier molecular flexibility index (Phi) is 6.03. The SMILES string of the molecule is COc1c(O)c2c(c(O)c1OC)C(O)(O)C(CC1CCN(Cc3ccccc3)CC1)C2=O. The number of piperidine rings is 1. The van der Waals surface area contributed by atoms with Crippen LogP contribution in [0.4, 0.5) is 0 Å². The van der Waals surface area contributed by atoms with Crippen LogP contribution in [0.1, 0.15) is 40.7 Å². The van der Waals surface area contributed by atoms with Crippen LogP contribution < -0.4 is 9.47 Å². The molecular weight excluding hydrogens is 414 g/mol. The lowest BCUT2D eigenvalue weighted by molar-refractivity contribution is -0.196. The summed E-state index contributed by atoms with van der Waals surface area (Å²) < 4.78 is 10.2. The van der Waals surface area contributed by atoms with Gasteiger partial charge in [-0.25, -0.2) is 0 Å². The van der Waals surface area contributed by atoms with Gasteiger partial charge in [0.05, 0.1) is 31.3 Å². The fourth-order valence-corrected chi connectivity index (χ4v) is 5.01. The number of rotatable bonds is 6. The number of hydrogen-bond donors (Lipinski definition) is 4. The van der Waals surface area contributed by atoms with E-state index in [9.17, 15) is 25.2 Å². The van der Waals surface area contributed by atoms with E-state index in [1.807, 2.05) is 18.2 Å². The maximum atomic E-state index is 13.1. The zero-order chi connectivity index (χ0) is 23.0. The molecule has 1 atom stereocenters. The molecule has 32 heavy (non-hydrogen) atoms. The molecule has 8 heteroatoms. The number of fused-ring (bicyclic) bond motifs is 1. The summed E-state index contributed by atoms with van der Waals surface area (Å²) in [5, 5.41) is 43.0. The number of aliphatic hydroxyl groups is 2. The highest BCUT2D eigenvalue weighted by atomic mass is 16.5. The molecule has 8 nitrogen and oxygen atoms in total. The molecule has 0 bridgehead atoms. The minimum absolute atomic E-state index is 0.108. The van der Waals surface area contributed by atoms with Gasteiger partial charge in [0.1, 0.15) is 0 Å². The molecule has 2 aliphatic rings. The standard InChI is InChI=1S/C24H29NO7/c1-31-22-20(27)17-18(21(28)23(22)32-2)24(29,30)16(19(17)26)12-14-8-10-25(11-9-14)13-15-6-4-3-5-7-15/h3-7,14,16,27-30H,8-13H2,1-2H3. The molecule has 172 valence electrons. The molecule has 1 aliphatic heterocycles. The summed E-state index contributed by atoms with van der Waals surface area (Å²) in [6, 6.07) is 10.2. The van der Waals surface area contributed by atoms with Crippen LogP contribution in [0.2, 0.25) is 0 Å². The first kappa shape index (κ1) is 22.4. The molecule has 4 N–H and O–H groups in total. The van der Waals surface area contributed by atoms with E-state index in [4.69, 9.17) is 9.47 Å². The zero-order valence-electron chi connectivity index (χ0n) is 18.2. The summed E-state index contributed by atoms with van der Waals surface area (Å²) in [6.07, 6.45) is 1.87. The van der Waals surface area contributed by atoms with Crippen molar-refractivity contribution >= 4 is 5.78 Å². The molecule has 4 rings (SSSR count). The van der Waals surface area contributed by atoms with Gasteiger partial charge in [-0.05, 0) is 43.8 Å². The average molecular weight is 443 g/mol. The van der Waals surface area contributed by atoms with E-state index in [2.05, 4.69) is 17.0 Å². The smallest absolute Gasteiger partial charge is 0.207 e. The number of nitrogens with zero attached hydrogens (tertiary/aromatic N) is 1. The summed E-state index contributed by atoms with van der Waals surface area (Å²) in [4.78, 5) is 15.5. The van der Waals surface area contributed by atoms with Crippen LogP contribution in [-0.4, -0.2) is 58.4 Å². The number of phenols is 2. The van der Waals surface area contributed by atoms with E-state index >= 15 is 0 Å². The highest BCUT2D eigenvalue weighted by molar-refractivity contribution is 6.07. The largest absolute Gasteiger partial charge is 0.504 e. The number of Topliss-reactive ketones (excluding diaryl/α,β-unsaturated/α-hetero) is 1. The van der Waals surface area contributed by atoms with Crippen molar-refractivity contribution in [2.75, 3.05) is 27.3 Å². The maximum Gasteiger partial charge on any atom is 0.207 e. The Hall–Kier alpha value is -2.81. The molecule has 1 heterocycles. The average Bonchev–Trinajstić information content (AvgIpc) is 2.98. The van der Waals surface area contributed by atoms with Crippen molar-refractivity contribution in [2.24, 2.45) is 11.8 Å². The number of carbonyl (C=O) groups is 1. The van der Waals surface area contributed by atoms with Crippen LogP contribution in [0.25, 0.3) is 0 Å². The zero-order valence-corrected chi connectivity index (χ0v) is 18.2. The Bertz CT molecular complexity index is 997. The third kappa shape index (κ3) is 3.68. The number of likely N-dealkylation sites (tertiary alicyclic amines) is 1. The molecule has 2 aromatic carbocycles. The number of ketones is 1. The molecule has 0 saturated carbocycles. The summed E-state index contributed by atoms with van der Waals surface area (Å²) >= 11 is 0. The van der Waals surface area contributed by atoms with Crippen LogP contribution in [-0.2, 0) is 12.3 Å². The molecular formula is C24H29NO7. The van der Waals surface area contributed by atoms with Gasteiger partial charge in [-0.2, -0.15) is 0 Å². The van der Waals surface area contributed by atoms with Crippen LogP contribution in [0, 0.1) is 11.8 Å². The van der Waals surface area contributed by atoms with Gasteiger partial charge in [-0.1, -0.05) is 30.3 Å². The molecule has 0 spiro atoms. The molecule has 0 radical (unpaired) electrons. The van der Waals surface area contributed by atoms with Gasteiger partial charge < -0.3 is 29.9 Å². The van der Waals surface area contributed by atoms with E-state index in [0.29, 0.717) is 0 Å². The second kappa shape index (κ2) is 8.61. The number of carbonyl (C=O) groups excluding carboxylic acids is 1. The first-order valence-corrected chi connectivity index (χ1v) is 10.7. The molecule has 1 fully saturated rings. The number of methoxy groups -OCH3 is 2. The molecule has 0 amide bonds. The first-order valence-electron chi connectivity index (χ1n) is 10.7. The van der Waals surface area contributed by atoms with Crippen molar-refractivity contribution in [3.05, 3.63) is 47.0 Å². The first-order chi connectivity index (χ1) is 15.3. The predicted octanol–water partition coefficient (Wildman–Crippen LogP) is 2.37. The van der Waals surface area contributed by atoms with Crippen molar-refractivity contribution in [2.45, 2.75) is 31.6 Å². The van der Waals surface area contributed by atoms with Crippen molar-refractivity contribution in [1.29, 1.82) is 0 Å². The summed E-state index contributed by atoms with van der Waals surface area (Å²) in [5.41, 5.74) is 0.492. The number of hydrogen-bond acceptors (Lipinski definition) is 8. The van der Waals surface area contributed by atoms with Gasteiger partial charge >= 0.3 is 0 Å². The second-order valence-electron chi connectivity index (χ2n) is 8.60. The van der Waals surface area contributed by atoms with Crippen molar-refractivity contribution in [3.63, 3.8) is 0 Å². The highest BCUT2D eigenvalue weighted by Crippen LogP contribution is 2.57. The fraction of sp³-hybridized carbons (Fsp3) is 0.458. The number of benzene rings is 2. The Morgan fingerprint density at radius 2 is 1.59 bits per heavy atom. The topological polar surface area (TPSA) is 120 Å². The lowest BCUT2D eigenvalue weighted by atomic mass is 9.83. The van der Waals surface area contributed by atoms with Gasteiger partial charge in [0, 0.05) is 6.54 Å². The molecule has 2 aromatic rings. The maximum absolute atomic E-state index is 13.1. The third-order valence-corrected chi connectivity index (χ3v) is 6.71. The minimum Gasteiger partial charge on any atom is -0.504 e. The number of aromatic hydroxyl groups is 2. The highest BCUT2D eigenvalue weighted by Gasteiger charge is 2.55. The second-order valence-corrected chi connectivity index (χ2v) is 8.60.